The number of halogens is 3. The molecule has 8 heteroatoms. The van der Waals surface area contributed by atoms with Crippen LogP contribution < -0.4 is 0 Å². The van der Waals surface area contributed by atoms with Crippen LogP contribution in [0.5, 0.6) is 0 Å². The number of carbonyl (C=O) groups is 2. The van der Waals surface area contributed by atoms with E-state index in [0.29, 0.717) is 12.8 Å². The molecule has 1 amide bonds. The summed E-state index contributed by atoms with van der Waals surface area (Å²) in [5.74, 6) is -1.17. The van der Waals surface area contributed by atoms with Crippen molar-refractivity contribution in [2.75, 3.05) is 0 Å². The van der Waals surface area contributed by atoms with E-state index in [9.17, 15) is 22.8 Å². The van der Waals surface area contributed by atoms with Gasteiger partial charge in [-0.3, -0.25) is 9.78 Å². The molecular formula is C19H23F3N2O3. The Hall–Kier alpha value is -2.12. The molecule has 2 saturated heterocycles. The lowest BCUT2D eigenvalue weighted by atomic mass is 9.85. The van der Waals surface area contributed by atoms with Crippen molar-refractivity contribution in [2.24, 2.45) is 5.92 Å². The molecular weight excluding hydrogens is 361 g/mol. The molecule has 0 aliphatic carbocycles. The maximum atomic E-state index is 13.2. The molecule has 2 aliphatic heterocycles. The van der Waals surface area contributed by atoms with Gasteiger partial charge >= 0.3 is 12.3 Å². The molecule has 0 radical (unpaired) electrons. The Morgan fingerprint density at radius 3 is 2.26 bits per heavy atom. The highest BCUT2D eigenvalue weighted by Gasteiger charge is 2.47. The standard InChI is InChI=1S/C19H23F3N2O3/c1-18(2,3)27-17(26)24-12-6-7-13(24)10-11(9-12)16(25)15-14(19(20,21)22)5-4-8-23-15/h4-5,8,11-13H,6-7,9-10H2,1-3H3. The quantitative estimate of drug-likeness (QED) is 0.707. The average Bonchev–Trinajstić information content (AvgIpc) is 2.82. The van der Waals surface area contributed by atoms with Gasteiger partial charge in [0.15, 0.2) is 5.78 Å². The average molecular weight is 384 g/mol. The Bertz CT molecular complexity index is 728. The number of pyridine rings is 1. The number of aromatic nitrogens is 1. The summed E-state index contributed by atoms with van der Waals surface area (Å²) >= 11 is 0. The van der Waals surface area contributed by atoms with Crippen LogP contribution in [0, 0.1) is 5.92 Å². The number of ketones is 1. The molecule has 3 rings (SSSR count). The maximum Gasteiger partial charge on any atom is 0.418 e. The van der Waals surface area contributed by atoms with Gasteiger partial charge in [-0.15, -0.1) is 0 Å². The van der Waals surface area contributed by atoms with E-state index in [-0.39, 0.29) is 12.1 Å². The normalized spacial score (nSPS) is 25.4. The number of hydrogen-bond acceptors (Lipinski definition) is 4. The van der Waals surface area contributed by atoms with Crippen LogP contribution in [0.15, 0.2) is 18.3 Å². The monoisotopic (exact) mass is 384 g/mol. The number of amides is 1. The molecule has 3 heterocycles. The summed E-state index contributed by atoms with van der Waals surface area (Å²) in [5, 5.41) is 0. The Morgan fingerprint density at radius 2 is 1.74 bits per heavy atom. The molecule has 2 atom stereocenters. The second kappa shape index (κ2) is 6.80. The molecule has 148 valence electrons. The summed E-state index contributed by atoms with van der Waals surface area (Å²) in [7, 11) is 0. The van der Waals surface area contributed by atoms with Crippen LogP contribution in [0.1, 0.15) is 62.5 Å². The molecule has 1 aromatic heterocycles. The Labute approximate surface area is 155 Å². The molecule has 2 bridgehead atoms. The van der Waals surface area contributed by atoms with E-state index in [4.69, 9.17) is 4.74 Å². The predicted octanol–water partition coefficient (Wildman–Crippen LogP) is 4.46. The second-order valence-electron chi connectivity index (χ2n) is 8.20. The van der Waals surface area contributed by atoms with Gasteiger partial charge in [-0.2, -0.15) is 13.2 Å². The van der Waals surface area contributed by atoms with E-state index >= 15 is 0 Å². The number of Topliss-reactive ketones (excluding diaryl/α,β-unsaturated/α-hetero) is 1. The van der Waals surface area contributed by atoms with Crippen molar-refractivity contribution in [2.45, 2.75) is 70.3 Å². The van der Waals surface area contributed by atoms with Gasteiger partial charge in [-0.05, 0) is 58.6 Å². The van der Waals surface area contributed by atoms with E-state index in [0.717, 1.165) is 18.9 Å². The van der Waals surface area contributed by atoms with E-state index < -0.39 is 40.8 Å². The van der Waals surface area contributed by atoms with Gasteiger partial charge in [0.05, 0.1) is 5.56 Å². The van der Waals surface area contributed by atoms with Gasteiger partial charge < -0.3 is 9.64 Å². The lowest BCUT2D eigenvalue weighted by molar-refractivity contribution is -0.138. The molecule has 27 heavy (non-hydrogen) atoms. The molecule has 2 aliphatic rings. The third-order valence-electron chi connectivity index (χ3n) is 5.05. The Balaban J connectivity index is 1.78. The number of nitrogens with zero attached hydrogens (tertiary/aromatic N) is 2. The molecule has 2 unspecified atom stereocenters. The van der Waals surface area contributed by atoms with Crippen LogP contribution in [-0.2, 0) is 10.9 Å². The SMILES string of the molecule is CC(C)(C)OC(=O)N1C2CCC1CC(C(=O)c1ncccc1C(F)(F)F)C2. The second-order valence-corrected chi connectivity index (χ2v) is 8.20. The third kappa shape index (κ3) is 4.09. The number of fused-ring (bicyclic) bond motifs is 2. The highest BCUT2D eigenvalue weighted by Crippen LogP contribution is 2.41. The van der Waals surface area contributed by atoms with Crippen molar-refractivity contribution in [1.82, 2.24) is 9.88 Å². The van der Waals surface area contributed by atoms with Gasteiger partial charge in [-0.1, -0.05) is 0 Å². The Kier molecular flexibility index (Phi) is 4.94. The fourth-order valence-corrected chi connectivity index (χ4v) is 4.03. The lowest BCUT2D eigenvalue weighted by Gasteiger charge is -2.39. The molecule has 0 N–H and O–H groups in total. The van der Waals surface area contributed by atoms with E-state index in [2.05, 4.69) is 4.98 Å². The first-order chi connectivity index (χ1) is 12.5. The van der Waals surface area contributed by atoms with E-state index in [1.54, 1.807) is 25.7 Å². The smallest absolute Gasteiger partial charge is 0.418 e. The van der Waals surface area contributed by atoms with Crippen molar-refractivity contribution in [3.05, 3.63) is 29.6 Å². The summed E-state index contributed by atoms with van der Waals surface area (Å²) < 4.78 is 45.1. The Morgan fingerprint density at radius 1 is 1.15 bits per heavy atom. The fraction of sp³-hybridized carbons (Fsp3) is 0.632. The molecule has 2 fully saturated rings. The molecule has 0 saturated carbocycles. The third-order valence-corrected chi connectivity index (χ3v) is 5.05. The maximum absolute atomic E-state index is 13.2. The summed E-state index contributed by atoms with van der Waals surface area (Å²) in [4.78, 5) is 30.6. The first kappa shape index (κ1) is 19.6. The van der Waals surface area contributed by atoms with E-state index in [1.165, 1.54) is 12.3 Å². The first-order valence-electron chi connectivity index (χ1n) is 9.05. The predicted molar refractivity (Wildman–Crippen MR) is 91.2 cm³/mol. The number of carbonyl (C=O) groups excluding carboxylic acids is 2. The molecule has 5 nitrogen and oxygen atoms in total. The van der Waals surface area contributed by atoms with E-state index in [1.807, 2.05) is 0 Å². The zero-order chi connectivity index (χ0) is 20.0. The number of ether oxygens (including phenoxy) is 1. The first-order valence-corrected chi connectivity index (χ1v) is 9.05. The fourth-order valence-electron chi connectivity index (χ4n) is 4.03. The summed E-state index contributed by atoms with van der Waals surface area (Å²) in [5.41, 5.74) is -2.16. The molecule has 0 spiro atoms. The van der Waals surface area contributed by atoms with Crippen molar-refractivity contribution < 1.29 is 27.5 Å². The van der Waals surface area contributed by atoms with Crippen molar-refractivity contribution in [3.63, 3.8) is 0 Å². The van der Waals surface area contributed by atoms with Gasteiger partial charge in [0.1, 0.15) is 11.3 Å². The van der Waals surface area contributed by atoms with Crippen LogP contribution in [-0.4, -0.2) is 39.4 Å². The zero-order valence-corrected chi connectivity index (χ0v) is 15.5. The van der Waals surface area contributed by atoms with Crippen LogP contribution in [0.3, 0.4) is 0 Å². The van der Waals surface area contributed by atoms with Crippen LogP contribution >= 0.6 is 0 Å². The van der Waals surface area contributed by atoms with Crippen LogP contribution in [0.2, 0.25) is 0 Å². The summed E-state index contributed by atoms with van der Waals surface area (Å²) in [6.07, 6.45) is -1.73. The molecule has 1 aromatic rings. The molecule has 0 aromatic carbocycles. The van der Waals surface area contributed by atoms with Crippen LogP contribution in [0.25, 0.3) is 0 Å². The minimum absolute atomic E-state index is 0.189. The number of piperidine rings is 1. The van der Waals surface area contributed by atoms with Gasteiger partial charge in [0.2, 0.25) is 0 Å². The lowest BCUT2D eigenvalue weighted by Crippen LogP contribution is -2.49. The van der Waals surface area contributed by atoms with Crippen LogP contribution in [0.4, 0.5) is 18.0 Å². The summed E-state index contributed by atoms with van der Waals surface area (Å²) in [6.45, 7) is 5.34. The van der Waals surface area contributed by atoms with Gasteiger partial charge in [0, 0.05) is 24.2 Å². The van der Waals surface area contributed by atoms with Gasteiger partial charge in [0.25, 0.3) is 0 Å². The van der Waals surface area contributed by atoms with Gasteiger partial charge in [-0.25, -0.2) is 4.79 Å². The number of hydrogen-bond donors (Lipinski definition) is 0. The van der Waals surface area contributed by atoms with Crippen molar-refractivity contribution >= 4 is 11.9 Å². The van der Waals surface area contributed by atoms with Crippen molar-refractivity contribution in [3.8, 4) is 0 Å². The minimum atomic E-state index is -4.63. The minimum Gasteiger partial charge on any atom is -0.444 e. The largest absolute Gasteiger partial charge is 0.444 e. The topological polar surface area (TPSA) is 59.5 Å². The number of rotatable bonds is 2. The highest BCUT2D eigenvalue weighted by atomic mass is 19.4. The number of alkyl halides is 3. The summed E-state index contributed by atoms with van der Waals surface area (Å²) in [6, 6.07) is 1.68. The highest BCUT2D eigenvalue weighted by molar-refractivity contribution is 5.97. The van der Waals surface area contributed by atoms with Crippen molar-refractivity contribution in [1.29, 1.82) is 0 Å². The zero-order valence-electron chi connectivity index (χ0n) is 15.5.